The molecular formula is C27H27Br2ClN4O2. The first-order chi connectivity index (χ1) is 17.2. The molecule has 4 rings (SSSR count). The molecule has 0 spiro atoms. The van der Waals surface area contributed by atoms with E-state index in [0.717, 1.165) is 33.0 Å². The molecule has 1 aliphatic rings. The number of benzene rings is 3. The highest BCUT2D eigenvalue weighted by atomic mass is 79.9. The second kappa shape index (κ2) is 11.3. The summed E-state index contributed by atoms with van der Waals surface area (Å²) in [6.45, 7) is 1.43. The average Bonchev–Trinajstić information content (AvgIpc) is 3.06. The molecule has 1 aliphatic heterocycles. The van der Waals surface area contributed by atoms with Crippen LogP contribution in [0.1, 0.15) is 27.9 Å². The van der Waals surface area contributed by atoms with Gasteiger partial charge in [-0.3, -0.25) is 9.59 Å². The number of carbonyl (C=O) groups is 2. The Morgan fingerprint density at radius 1 is 1.06 bits per heavy atom. The van der Waals surface area contributed by atoms with Crippen molar-refractivity contribution in [3.05, 3.63) is 91.3 Å². The highest BCUT2D eigenvalue weighted by molar-refractivity contribution is 9.10. The topological polar surface area (TPSA) is 73.5 Å². The molecule has 1 atom stereocenters. The Kier molecular flexibility index (Phi) is 8.40. The predicted molar refractivity (Wildman–Crippen MR) is 153 cm³/mol. The molecule has 1 unspecified atom stereocenters. The van der Waals surface area contributed by atoms with Crippen molar-refractivity contribution in [2.24, 2.45) is 0 Å². The van der Waals surface area contributed by atoms with E-state index < -0.39 is 5.54 Å². The standard InChI is InChI=1S/C27H27Br2ClN4O2/c1-34(2)12-4-11-31-25(35)21-9-7-18(28)14-23(21)33-27(16-17-5-3-6-20(30)13-17)22-10-8-19(29)15-24(22)32-26(27)36/h3,5-10,13-15,33H,4,11-12,16H2,1-2H3,(H,31,35)(H,32,36). The van der Waals surface area contributed by atoms with Crippen LogP contribution in [0.3, 0.4) is 0 Å². The maximum Gasteiger partial charge on any atom is 0.255 e. The predicted octanol–water partition coefficient (Wildman–Crippen LogP) is 6.05. The van der Waals surface area contributed by atoms with E-state index in [0.29, 0.717) is 34.9 Å². The fourth-order valence-electron chi connectivity index (χ4n) is 4.38. The van der Waals surface area contributed by atoms with Gasteiger partial charge >= 0.3 is 0 Å². The molecule has 6 nitrogen and oxygen atoms in total. The summed E-state index contributed by atoms with van der Waals surface area (Å²) < 4.78 is 1.65. The smallest absolute Gasteiger partial charge is 0.255 e. The number of fused-ring (bicyclic) bond motifs is 1. The molecule has 0 aliphatic carbocycles. The average molecular weight is 635 g/mol. The Bertz CT molecular complexity index is 1300. The van der Waals surface area contributed by atoms with Gasteiger partial charge in [0.1, 0.15) is 5.54 Å². The maximum absolute atomic E-state index is 13.7. The van der Waals surface area contributed by atoms with Crippen LogP contribution in [-0.4, -0.2) is 43.9 Å². The van der Waals surface area contributed by atoms with Crippen LogP contribution >= 0.6 is 43.5 Å². The van der Waals surface area contributed by atoms with Crippen molar-refractivity contribution in [2.45, 2.75) is 18.4 Å². The third kappa shape index (κ3) is 5.94. The number of halogens is 3. The maximum atomic E-state index is 13.7. The summed E-state index contributed by atoms with van der Waals surface area (Å²) in [5, 5.41) is 10.1. The van der Waals surface area contributed by atoms with Gasteiger partial charge < -0.3 is 20.9 Å². The van der Waals surface area contributed by atoms with Gasteiger partial charge in [-0.25, -0.2) is 0 Å². The first-order valence-electron chi connectivity index (χ1n) is 11.5. The van der Waals surface area contributed by atoms with Crippen molar-refractivity contribution in [3.63, 3.8) is 0 Å². The number of carbonyl (C=O) groups excluding carboxylic acids is 2. The Hall–Kier alpha value is -2.39. The molecule has 188 valence electrons. The second-order valence-electron chi connectivity index (χ2n) is 9.08. The summed E-state index contributed by atoms with van der Waals surface area (Å²) in [4.78, 5) is 28.9. The first kappa shape index (κ1) is 26.7. The molecule has 0 bridgehead atoms. The van der Waals surface area contributed by atoms with Gasteiger partial charge in [0.05, 0.1) is 5.56 Å². The molecule has 2 amide bonds. The normalized spacial score (nSPS) is 16.6. The Morgan fingerprint density at radius 2 is 1.81 bits per heavy atom. The summed E-state index contributed by atoms with van der Waals surface area (Å²) in [6, 6.07) is 18.6. The van der Waals surface area contributed by atoms with E-state index in [4.69, 9.17) is 11.6 Å². The van der Waals surface area contributed by atoms with Crippen LogP contribution in [0.25, 0.3) is 0 Å². The van der Waals surface area contributed by atoms with Crippen LogP contribution in [0.5, 0.6) is 0 Å². The van der Waals surface area contributed by atoms with Crippen molar-refractivity contribution in [2.75, 3.05) is 37.8 Å². The van der Waals surface area contributed by atoms with Gasteiger partial charge in [0.2, 0.25) is 0 Å². The second-order valence-corrected chi connectivity index (χ2v) is 11.4. The van der Waals surface area contributed by atoms with Gasteiger partial charge in [-0.15, -0.1) is 0 Å². The molecule has 0 saturated carbocycles. The van der Waals surface area contributed by atoms with E-state index in [-0.39, 0.29) is 11.8 Å². The number of amides is 2. The van der Waals surface area contributed by atoms with Crippen LogP contribution in [0.4, 0.5) is 11.4 Å². The summed E-state index contributed by atoms with van der Waals surface area (Å²) in [7, 11) is 4.00. The number of hydrogen-bond donors (Lipinski definition) is 3. The van der Waals surface area contributed by atoms with Gasteiger partial charge in [0.15, 0.2) is 0 Å². The molecule has 3 aromatic carbocycles. The molecule has 0 fully saturated rings. The van der Waals surface area contributed by atoms with Crippen LogP contribution in [0.15, 0.2) is 69.6 Å². The minimum Gasteiger partial charge on any atom is -0.367 e. The van der Waals surface area contributed by atoms with E-state index in [2.05, 4.69) is 52.7 Å². The molecule has 0 aromatic heterocycles. The minimum absolute atomic E-state index is 0.198. The Labute approximate surface area is 233 Å². The zero-order chi connectivity index (χ0) is 25.9. The van der Waals surface area contributed by atoms with Crippen molar-refractivity contribution >= 4 is 66.6 Å². The number of nitrogens with one attached hydrogen (secondary N) is 3. The van der Waals surface area contributed by atoms with Crippen LogP contribution in [0, 0.1) is 0 Å². The van der Waals surface area contributed by atoms with E-state index in [1.165, 1.54) is 0 Å². The van der Waals surface area contributed by atoms with Crippen LogP contribution in [-0.2, 0) is 16.8 Å². The van der Waals surface area contributed by atoms with Gasteiger partial charge in [-0.2, -0.15) is 0 Å². The van der Waals surface area contributed by atoms with Crippen molar-refractivity contribution in [1.29, 1.82) is 0 Å². The van der Waals surface area contributed by atoms with Crippen molar-refractivity contribution < 1.29 is 9.59 Å². The van der Waals surface area contributed by atoms with Crippen molar-refractivity contribution in [3.8, 4) is 0 Å². The number of rotatable bonds is 9. The fourth-order valence-corrected chi connectivity index (χ4v) is 5.32. The van der Waals surface area contributed by atoms with E-state index in [9.17, 15) is 9.59 Å². The lowest BCUT2D eigenvalue weighted by Gasteiger charge is -2.31. The third-order valence-electron chi connectivity index (χ3n) is 6.08. The van der Waals surface area contributed by atoms with Gasteiger partial charge in [-0.05, 0) is 75.1 Å². The SMILES string of the molecule is CN(C)CCCNC(=O)c1ccc(Br)cc1NC1(Cc2cccc(Cl)c2)C(=O)Nc2cc(Br)ccc21. The molecule has 3 aromatic rings. The molecule has 3 N–H and O–H groups in total. The van der Waals surface area contributed by atoms with Gasteiger partial charge in [-0.1, -0.05) is 61.7 Å². The highest BCUT2D eigenvalue weighted by Gasteiger charge is 2.47. The zero-order valence-corrected chi connectivity index (χ0v) is 23.9. The summed E-state index contributed by atoms with van der Waals surface area (Å²) in [6.07, 6.45) is 1.17. The van der Waals surface area contributed by atoms with Crippen LogP contribution < -0.4 is 16.0 Å². The summed E-state index contributed by atoms with van der Waals surface area (Å²) in [5.41, 5.74) is 2.28. The molecule has 1 heterocycles. The van der Waals surface area contributed by atoms with E-state index in [1.54, 1.807) is 12.1 Å². The van der Waals surface area contributed by atoms with E-state index in [1.807, 2.05) is 62.6 Å². The van der Waals surface area contributed by atoms with Crippen LogP contribution in [0.2, 0.25) is 5.02 Å². The Balaban J connectivity index is 1.73. The first-order valence-corrected chi connectivity index (χ1v) is 13.5. The highest BCUT2D eigenvalue weighted by Crippen LogP contribution is 2.43. The largest absolute Gasteiger partial charge is 0.367 e. The Morgan fingerprint density at radius 3 is 2.56 bits per heavy atom. The number of anilines is 2. The third-order valence-corrected chi connectivity index (χ3v) is 7.30. The molecule has 0 radical (unpaired) electrons. The molecular weight excluding hydrogens is 608 g/mol. The quantitative estimate of drug-likeness (QED) is 0.251. The molecule has 9 heteroatoms. The van der Waals surface area contributed by atoms with Gasteiger partial charge in [0, 0.05) is 43.9 Å². The van der Waals surface area contributed by atoms with Gasteiger partial charge in [0.25, 0.3) is 11.8 Å². The lowest BCUT2D eigenvalue weighted by Crippen LogP contribution is -2.44. The lowest BCUT2D eigenvalue weighted by atomic mass is 9.84. The number of nitrogens with zero attached hydrogens (tertiary/aromatic N) is 1. The number of hydrogen-bond acceptors (Lipinski definition) is 4. The minimum atomic E-state index is -1.15. The van der Waals surface area contributed by atoms with E-state index >= 15 is 0 Å². The summed E-state index contributed by atoms with van der Waals surface area (Å²) >= 11 is 13.3. The zero-order valence-electron chi connectivity index (χ0n) is 20.0. The fraction of sp³-hybridized carbons (Fsp3) is 0.259. The molecule has 0 saturated heterocycles. The lowest BCUT2D eigenvalue weighted by molar-refractivity contribution is -0.119. The van der Waals surface area contributed by atoms with Crippen molar-refractivity contribution in [1.82, 2.24) is 10.2 Å². The monoisotopic (exact) mass is 632 g/mol. The summed E-state index contributed by atoms with van der Waals surface area (Å²) in [5.74, 6) is -0.399. The molecule has 36 heavy (non-hydrogen) atoms.